The maximum atomic E-state index is 12.0. The van der Waals surface area contributed by atoms with Crippen molar-refractivity contribution >= 4 is 22.8 Å². The topological polar surface area (TPSA) is 114 Å². The minimum absolute atomic E-state index is 0.121. The molecule has 0 N–H and O–H groups in total. The van der Waals surface area contributed by atoms with Crippen LogP contribution in [0, 0.1) is 10.1 Å². The Hall–Kier alpha value is -3.62. The first-order valence-electron chi connectivity index (χ1n) is 8.54. The molecule has 28 heavy (non-hydrogen) atoms. The van der Waals surface area contributed by atoms with E-state index in [2.05, 4.69) is 0 Å². The summed E-state index contributed by atoms with van der Waals surface area (Å²) in [6.07, 6.45) is 0.485. The number of methoxy groups -OCH3 is 1. The van der Waals surface area contributed by atoms with Gasteiger partial charge in [0.2, 0.25) is 0 Å². The summed E-state index contributed by atoms with van der Waals surface area (Å²) in [6, 6.07) is 11.2. The molecule has 1 heterocycles. The summed E-state index contributed by atoms with van der Waals surface area (Å²) in [7, 11) is 1.56. The fourth-order valence-electron chi connectivity index (χ4n) is 2.76. The molecule has 9 heteroatoms. The summed E-state index contributed by atoms with van der Waals surface area (Å²) in [4.78, 5) is 34.1. The van der Waals surface area contributed by atoms with E-state index in [0.29, 0.717) is 17.7 Å². The number of hydrogen-bond donors (Lipinski definition) is 0. The van der Waals surface area contributed by atoms with Gasteiger partial charge < -0.3 is 13.9 Å². The van der Waals surface area contributed by atoms with E-state index in [-0.39, 0.29) is 36.8 Å². The van der Waals surface area contributed by atoms with Gasteiger partial charge in [0.25, 0.3) is 5.69 Å². The molecule has 0 aliphatic heterocycles. The number of nitrogens with zero attached hydrogens (tertiary/aromatic N) is 2. The molecule has 0 saturated carbocycles. The molecule has 0 fully saturated rings. The molecular formula is C19H18N2O7. The van der Waals surface area contributed by atoms with Crippen LogP contribution in [-0.4, -0.2) is 22.6 Å². The van der Waals surface area contributed by atoms with Gasteiger partial charge in [-0.05, 0) is 30.2 Å². The first kappa shape index (κ1) is 19.2. The Bertz CT molecular complexity index is 1070. The first-order chi connectivity index (χ1) is 13.5. The molecule has 3 rings (SSSR count). The Morgan fingerprint density at radius 3 is 2.82 bits per heavy atom. The van der Waals surface area contributed by atoms with Crippen molar-refractivity contribution in [2.45, 2.75) is 26.0 Å². The number of nitro benzene ring substituents is 1. The second kappa shape index (κ2) is 8.38. The summed E-state index contributed by atoms with van der Waals surface area (Å²) < 4.78 is 16.7. The minimum atomic E-state index is -0.625. The zero-order valence-corrected chi connectivity index (χ0v) is 15.1. The maximum absolute atomic E-state index is 12.0. The van der Waals surface area contributed by atoms with E-state index in [1.807, 2.05) is 12.1 Å². The first-order valence-corrected chi connectivity index (χ1v) is 8.54. The number of esters is 1. The van der Waals surface area contributed by atoms with Crippen LogP contribution in [0.4, 0.5) is 5.69 Å². The fraction of sp³-hybridized carbons (Fsp3) is 0.263. The van der Waals surface area contributed by atoms with Crippen LogP contribution in [0.5, 0.6) is 5.75 Å². The number of aromatic nitrogens is 1. The largest absolute Gasteiger partial charge is 0.497 e. The van der Waals surface area contributed by atoms with Gasteiger partial charge in [-0.15, -0.1) is 0 Å². The molecule has 2 aromatic carbocycles. The van der Waals surface area contributed by atoms with Crippen LogP contribution in [0.25, 0.3) is 11.1 Å². The van der Waals surface area contributed by atoms with Gasteiger partial charge in [0.1, 0.15) is 12.4 Å². The Balaban J connectivity index is 1.55. The van der Waals surface area contributed by atoms with Crippen molar-refractivity contribution in [3.63, 3.8) is 0 Å². The number of aryl methyl sites for hydroxylation is 1. The lowest BCUT2D eigenvalue weighted by Crippen LogP contribution is -2.15. The summed E-state index contributed by atoms with van der Waals surface area (Å²) >= 11 is 0. The molecule has 146 valence electrons. The van der Waals surface area contributed by atoms with Crippen LogP contribution >= 0.6 is 0 Å². The number of benzene rings is 2. The number of fused-ring (bicyclic) bond motifs is 1. The lowest BCUT2D eigenvalue weighted by molar-refractivity contribution is -0.384. The van der Waals surface area contributed by atoms with Crippen LogP contribution in [0.1, 0.15) is 18.4 Å². The third-order valence-corrected chi connectivity index (χ3v) is 4.16. The van der Waals surface area contributed by atoms with E-state index >= 15 is 0 Å². The monoisotopic (exact) mass is 386 g/mol. The Morgan fingerprint density at radius 1 is 1.25 bits per heavy atom. The molecule has 3 aromatic rings. The third-order valence-electron chi connectivity index (χ3n) is 4.16. The second-order valence-corrected chi connectivity index (χ2v) is 6.04. The van der Waals surface area contributed by atoms with Gasteiger partial charge >= 0.3 is 11.7 Å². The molecule has 0 spiro atoms. The Labute approximate surface area is 159 Å². The summed E-state index contributed by atoms with van der Waals surface area (Å²) in [5.74, 6) is -0.334. The van der Waals surface area contributed by atoms with Crippen molar-refractivity contribution in [1.82, 2.24) is 4.57 Å². The quantitative estimate of drug-likeness (QED) is 0.332. The Morgan fingerprint density at radius 2 is 2.07 bits per heavy atom. The molecule has 0 unspecified atom stereocenters. The zero-order valence-electron chi connectivity index (χ0n) is 15.1. The lowest BCUT2D eigenvalue weighted by Gasteiger charge is -2.07. The number of non-ortho nitro benzene ring substituents is 1. The van der Waals surface area contributed by atoms with E-state index in [1.165, 1.54) is 22.8 Å². The Kier molecular flexibility index (Phi) is 5.73. The normalized spacial score (nSPS) is 10.8. The summed E-state index contributed by atoms with van der Waals surface area (Å²) in [6.45, 7) is 0.367. The average molecular weight is 386 g/mol. The van der Waals surface area contributed by atoms with Gasteiger partial charge in [-0.3, -0.25) is 19.5 Å². The molecule has 0 amide bonds. The van der Waals surface area contributed by atoms with Gasteiger partial charge in [0.05, 0.1) is 23.6 Å². The van der Waals surface area contributed by atoms with E-state index in [4.69, 9.17) is 13.9 Å². The fourth-order valence-corrected chi connectivity index (χ4v) is 2.76. The number of nitro groups is 1. The molecule has 0 atom stereocenters. The van der Waals surface area contributed by atoms with E-state index in [9.17, 15) is 19.7 Å². The highest BCUT2D eigenvalue weighted by Crippen LogP contribution is 2.20. The van der Waals surface area contributed by atoms with Crippen LogP contribution in [-0.2, 0) is 22.7 Å². The number of oxazole rings is 1. The molecule has 0 radical (unpaired) electrons. The standard InChI is InChI=1S/C19H18N2O7/c1-26-15-5-2-4-13(10-15)12-27-18(22)6-3-9-20-16-8-7-14(21(24)25)11-17(16)28-19(20)23/h2,4-5,7-8,10-11H,3,6,9,12H2,1H3. The highest BCUT2D eigenvalue weighted by molar-refractivity contribution is 5.75. The maximum Gasteiger partial charge on any atom is 0.419 e. The number of carbonyl (C=O) groups excluding carboxylic acids is 1. The third kappa shape index (κ3) is 4.37. The lowest BCUT2D eigenvalue weighted by atomic mass is 10.2. The molecule has 9 nitrogen and oxygen atoms in total. The smallest absolute Gasteiger partial charge is 0.419 e. The van der Waals surface area contributed by atoms with Crippen LogP contribution in [0.2, 0.25) is 0 Å². The molecule has 0 bridgehead atoms. The number of rotatable bonds is 8. The van der Waals surface area contributed by atoms with Crippen molar-refractivity contribution in [2.75, 3.05) is 7.11 Å². The van der Waals surface area contributed by atoms with E-state index in [0.717, 1.165) is 5.56 Å². The van der Waals surface area contributed by atoms with Crippen LogP contribution in [0.15, 0.2) is 51.7 Å². The van der Waals surface area contributed by atoms with Gasteiger partial charge in [-0.25, -0.2) is 4.79 Å². The SMILES string of the molecule is COc1cccc(COC(=O)CCCn2c(=O)oc3cc([N+](=O)[O-])ccc32)c1. The van der Waals surface area contributed by atoms with Crippen molar-refractivity contribution < 1.29 is 23.6 Å². The predicted octanol–water partition coefficient (Wildman–Crippen LogP) is 3.03. The molecule has 1 aromatic heterocycles. The molecule has 0 saturated heterocycles. The summed E-state index contributed by atoms with van der Waals surface area (Å²) in [5.41, 5.74) is 1.24. The molecular weight excluding hydrogens is 368 g/mol. The van der Waals surface area contributed by atoms with Crippen molar-refractivity contribution in [3.05, 3.63) is 68.7 Å². The summed E-state index contributed by atoms with van der Waals surface area (Å²) in [5, 5.41) is 10.8. The van der Waals surface area contributed by atoms with Crippen LogP contribution in [0.3, 0.4) is 0 Å². The molecule has 0 aliphatic carbocycles. The highest BCUT2D eigenvalue weighted by atomic mass is 16.6. The number of carbonyl (C=O) groups is 1. The van der Waals surface area contributed by atoms with Crippen molar-refractivity contribution in [1.29, 1.82) is 0 Å². The van der Waals surface area contributed by atoms with E-state index < -0.39 is 10.7 Å². The number of ether oxygens (including phenoxy) is 2. The molecule has 0 aliphatic rings. The average Bonchev–Trinajstić information content (AvgIpc) is 3.01. The van der Waals surface area contributed by atoms with E-state index in [1.54, 1.807) is 19.2 Å². The van der Waals surface area contributed by atoms with Gasteiger partial charge in [-0.2, -0.15) is 0 Å². The van der Waals surface area contributed by atoms with Gasteiger partial charge in [0.15, 0.2) is 5.58 Å². The van der Waals surface area contributed by atoms with Crippen LogP contribution < -0.4 is 10.5 Å². The highest BCUT2D eigenvalue weighted by Gasteiger charge is 2.14. The van der Waals surface area contributed by atoms with Crippen molar-refractivity contribution in [2.24, 2.45) is 0 Å². The second-order valence-electron chi connectivity index (χ2n) is 6.04. The van der Waals surface area contributed by atoms with Gasteiger partial charge in [0, 0.05) is 19.0 Å². The minimum Gasteiger partial charge on any atom is -0.497 e. The number of hydrogen-bond acceptors (Lipinski definition) is 7. The zero-order chi connectivity index (χ0) is 20.1. The predicted molar refractivity (Wildman–Crippen MR) is 99.2 cm³/mol. The van der Waals surface area contributed by atoms with Crippen molar-refractivity contribution in [3.8, 4) is 5.75 Å². The van der Waals surface area contributed by atoms with Gasteiger partial charge in [-0.1, -0.05) is 12.1 Å².